The molecule has 1 heterocycles. The Morgan fingerprint density at radius 2 is 1.72 bits per heavy atom. The van der Waals surface area contributed by atoms with Crippen molar-refractivity contribution in [3.8, 4) is 5.75 Å². The van der Waals surface area contributed by atoms with E-state index in [0.717, 1.165) is 11.1 Å². The number of nitrogens with zero attached hydrogens (tertiary/aromatic N) is 1. The molecule has 0 saturated heterocycles. The van der Waals surface area contributed by atoms with E-state index < -0.39 is 6.10 Å². The van der Waals surface area contributed by atoms with Gasteiger partial charge in [-0.15, -0.1) is 0 Å². The predicted molar refractivity (Wildman–Crippen MR) is 122 cm³/mol. The molecule has 0 aromatic heterocycles. The van der Waals surface area contributed by atoms with Crippen LogP contribution in [-0.4, -0.2) is 17.9 Å². The van der Waals surface area contributed by atoms with E-state index >= 15 is 0 Å². The van der Waals surface area contributed by atoms with Crippen molar-refractivity contribution in [2.24, 2.45) is 0 Å². The van der Waals surface area contributed by atoms with Crippen LogP contribution in [0.5, 0.6) is 5.75 Å². The van der Waals surface area contributed by atoms with E-state index in [0.29, 0.717) is 30.0 Å². The molecule has 1 aliphatic heterocycles. The molecule has 0 radical (unpaired) electrons. The maximum atomic E-state index is 13.3. The number of benzene rings is 3. The zero-order chi connectivity index (χ0) is 22.7. The third-order valence-corrected chi connectivity index (χ3v) is 5.47. The first-order valence-electron chi connectivity index (χ1n) is 10.6. The Labute approximate surface area is 186 Å². The maximum Gasteiger partial charge on any atom is 0.268 e. The van der Waals surface area contributed by atoms with Gasteiger partial charge in [0.25, 0.3) is 5.91 Å². The molecular formula is C26H25FN2O3. The first kappa shape index (κ1) is 21.6. The summed E-state index contributed by atoms with van der Waals surface area (Å²) in [5.41, 5.74) is 4.26. The lowest BCUT2D eigenvalue weighted by Gasteiger charge is -2.33. The lowest BCUT2D eigenvalue weighted by atomic mass is 10.1. The molecule has 3 aromatic carbocycles. The Morgan fingerprint density at radius 1 is 1.03 bits per heavy atom. The number of hydrogen-bond acceptors (Lipinski definition) is 3. The van der Waals surface area contributed by atoms with E-state index in [-0.39, 0.29) is 24.2 Å². The average Bonchev–Trinajstić information content (AvgIpc) is 2.78. The molecule has 6 heteroatoms. The van der Waals surface area contributed by atoms with Crippen LogP contribution in [0.3, 0.4) is 0 Å². The predicted octanol–water partition coefficient (Wildman–Crippen LogP) is 5.02. The fourth-order valence-electron chi connectivity index (χ4n) is 3.66. The quantitative estimate of drug-likeness (QED) is 0.595. The largest absolute Gasteiger partial charge is 0.479 e. The molecule has 0 aliphatic carbocycles. The van der Waals surface area contributed by atoms with E-state index in [2.05, 4.69) is 5.32 Å². The molecule has 164 valence electrons. The molecule has 2 amide bonds. The third-order valence-electron chi connectivity index (χ3n) is 5.47. The normalized spacial score (nSPS) is 15.2. The summed E-state index contributed by atoms with van der Waals surface area (Å²) in [6, 6.07) is 19.4. The minimum atomic E-state index is -0.627. The van der Waals surface area contributed by atoms with Crippen LogP contribution in [0.2, 0.25) is 0 Å². The summed E-state index contributed by atoms with van der Waals surface area (Å²) >= 11 is 0. The van der Waals surface area contributed by atoms with Crippen molar-refractivity contribution >= 4 is 23.2 Å². The Bertz CT molecular complexity index is 1130. The summed E-state index contributed by atoms with van der Waals surface area (Å²) < 4.78 is 19.0. The fourth-order valence-corrected chi connectivity index (χ4v) is 3.66. The van der Waals surface area contributed by atoms with Crippen LogP contribution in [0.15, 0.2) is 66.7 Å². The number of halogens is 1. The first-order valence-corrected chi connectivity index (χ1v) is 10.6. The summed E-state index contributed by atoms with van der Waals surface area (Å²) in [7, 11) is 0. The van der Waals surface area contributed by atoms with Gasteiger partial charge in [-0.2, -0.15) is 0 Å². The molecular weight excluding hydrogens is 407 g/mol. The molecule has 3 aromatic rings. The van der Waals surface area contributed by atoms with Crippen LogP contribution in [0.4, 0.5) is 15.8 Å². The highest BCUT2D eigenvalue weighted by atomic mass is 19.1. The van der Waals surface area contributed by atoms with Crippen molar-refractivity contribution in [2.75, 3.05) is 10.2 Å². The van der Waals surface area contributed by atoms with Crippen LogP contribution >= 0.6 is 0 Å². The standard InChI is InChI=1S/C26H25FN2O3/c1-17-3-5-19(6-4-17)9-14-25(30)28-22-12-13-24-23(15-22)29(26(31)18(2)32-24)16-20-7-10-21(27)11-8-20/h3-8,10-13,15,18H,9,14,16H2,1-2H3,(H,28,30). The number of rotatable bonds is 6. The number of amides is 2. The van der Waals surface area contributed by atoms with Gasteiger partial charge < -0.3 is 15.0 Å². The van der Waals surface area contributed by atoms with E-state index in [1.807, 2.05) is 31.2 Å². The molecule has 1 N–H and O–H groups in total. The van der Waals surface area contributed by atoms with Gasteiger partial charge in [-0.1, -0.05) is 42.0 Å². The lowest BCUT2D eigenvalue weighted by molar-refractivity contribution is -0.125. The summed E-state index contributed by atoms with van der Waals surface area (Å²) in [5.74, 6) is -0.0555. The van der Waals surface area contributed by atoms with Crippen LogP contribution in [0.1, 0.15) is 30.0 Å². The topological polar surface area (TPSA) is 58.6 Å². The first-order chi connectivity index (χ1) is 15.4. The minimum absolute atomic E-state index is 0.105. The smallest absolute Gasteiger partial charge is 0.268 e. The molecule has 0 spiro atoms. The van der Waals surface area contributed by atoms with Gasteiger partial charge in [-0.25, -0.2) is 4.39 Å². The summed E-state index contributed by atoms with van der Waals surface area (Å²) in [6.45, 7) is 4.01. The number of carbonyl (C=O) groups is 2. The summed E-state index contributed by atoms with van der Waals surface area (Å²) in [6.07, 6.45) is 0.372. The van der Waals surface area contributed by atoms with E-state index in [4.69, 9.17) is 4.74 Å². The summed E-state index contributed by atoms with van der Waals surface area (Å²) in [5, 5.41) is 2.91. The van der Waals surface area contributed by atoms with E-state index in [1.54, 1.807) is 42.2 Å². The molecule has 32 heavy (non-hydrogen) atoms. The van der Waals surface area contributed by atoms with Gasteiger partial charge in [-0.05, 0) is 61.7 Å². The van der Waals surface area contributed by atoms with Gasteiger partial charge in [0.15, 0.2) is 6.10 Å². The van der Waals surface area contributed by atoms with Crippen LogP contribution in [-0.2, 0) is 22.6 Å². The van der Waals surface area contributed by atoms with Crippen molar-refractivity contribution in [3.05, 3.63) is 89.2 Å². The highest BCUT2D eigenvalue weighted by Crippen LogP contribution is 2.37. The molecule has 1 aliphatic rings. The molecule has 1 atom stereocenters. The number of aryl methyl sites for hydroxylation is 2. The second-order valence-electron chi connectivity index (χ2n) is 8.03. The molecule has 0 saturated carbocycles. The zero-order valence-electron chi connectivity index (χ0n) is 18.1. The minimum Gasteiger partial charge on any atom is -0.479 e. The summed E-state index contributed by atoms with van der Waals surface area (Å²) in [4.78, 5) is 26.9. The average molecular weight is 432 g/mol. The molecule has 1 unspecified atom stereocenters. The Balaban J connectivity index is 1.49. The van der Waals surface area contributed by atoms with Crippen molar-refractivity contribution in [3.63, 3.8) is 0 Å². The molecule has 0 fully saturated rings. The Morgan fingerprint density at radius 3 is 2.44 bits per heavy atom. The van der Waals surface area contributed by atoms with Gasteiger partial charge >= 0.3 is 0 Å². The number of fused-ring (bicyclic) bond motifs is 1. The van der Waals surface area contributed by atoms with Crippen molar-refractivity contribution in [1.29, 1.82) is 0 Å². The van der Waals surface area contributed by atoms with Gasteiger partial charge in [-0.3, -0.25) is 9.59 Å². The van der Waals surface area contributed by atoms with Crippen molar-refractivity contribution < 1.29 is 18.7 Å². The highest BCUT2D eigenvalue weighted by Gasteiger charge is 2.31. The third kappa shape index (κ3) is 4.97. The molecule has 4 rings (SSSR count). The number of carbonyl (C=O) groups excluding carboxylic acids is 2. The van der Waals surface area contributed by atoms with Gasteiger partial charge in [0, 0.05) is 12.1 Å². The van der Waals surface area contributed by atoms with Gasteiger partial charge in [0.05, 0.1) is 12.2 Å². The van der Waals surface area contributed by atoms with Crippen molar-refractivity contribution in [1.82, 2.24) is 0 Å². The number of anilines is 2. The Hall–Kier alpha value is -3.67. The van der Waals surface area contributed by atoms with Crippen LogP contribution in [0.25, 0.3) is 0 Å². The van der Waals surface area contributed by atoms with Crippen LogP contribution < -0.4 is 15.0 Å². The number of hydrogen-bond donors (Lipinski definition) is 1. The van der Waals surface area contributed by atoms with E-state index in [1.165, 1.54) is 17.7 Å². The highest BCUT2D eigenvalue weighted by molar-refractivity contribution is 6.01. The lowest BCUT2D eigenvalue weighted by Crippen LogP contribution is -2.44. The SMILES string of the molecule is Cc1ccc(CCC(=O)Nc2ccc3c(c2)N(Cc2ccc(F)cc2)C(=O)C(C)O3)cc1. The second-order valence-corrected chi connectivity index (χ2v) is 8.03. The monoisotopic (exact) mass is 432 g/mol. The maximum absolute atomic E-state index is 13.3. The van der Waals surface area contributed by atoms with Crippen LogP contribution in [0, 0.1) is 12.7 Å². The number of ether oxygens (including phenoxy) is 1. The van der Waals surface area contributed by atoms with E-state index in [9.17, 15) is 14.0 Å². The van der Waals surface area contributed by atoms with Gasteiger partial charge in [0.1, 0.15) is 11.6 Å². The fraction of sp³-hybridized carbons (Fsp3) is 0.231. The molecule has 0 bridgehead atoms. The second kappa shape index (κ2) is 9.22. The van der Waals surface area contributed by atoms with Gasteiger partial charge in [0.2, 0.25) is 5.91 Å². The zero-order valence-corrected chi connectivity index (χ0v) is 18.1. The molecule has 5 nitrogen and oxygen atoms in total. The number of nitrogens with one attached hydrogen (secondary N) is 1. The van der Waals surface area contributed by atoms with Crippen molar-refractivity contribution in [2.45, 2.75) is 39.3 Å². The Kier molecular flexibility index (Phi) is 6.21.